The van der Waals surface area contributed by atoms with Gasteiger partial charge in [0, 0.05) is 11.6 Å². The minimum absolute atomic E-state index is 0.0460. The van der Waals surface area contributed by atoms with Crippen LogP contribution in [0.2, 0.25) is 0 Å². The lowest BCUT2D eigenvalue weighted by Crippen LogP contribution is -2.25. The summed E-state index contributed by atoms with van der Waals surface area (Å²) in [7, 11) is 0. The van der Waals surface area contributed by atoms with Crippen molar-refractivity contribution in [1.82, 2.24) is 5.16 Å². The van der Waals surface area contributed by atoms with Crippen molar-refractivity contribution in [3.63, 3.8) is 0 Å². The summed E-state index contributed by atoms with van der Waals surface area (Å²) in [5.41, 5.74) is 1.32. The van der Waals surface area contributed by atoms with Crippen molar-refractivity contribution in [2.75, 3.05) is 11.9 Å². The normalized spacial score (nSPS) is 13.4. The Bertz CT molecular complexity index is 677. The van der Waals surface area contributed by atoms with E-state index in [1.54, 1.807) is 18.2 Å². The first kappa shape index (κ1) is 11.3. The van der Waals surface area contributed by atoms with Crippen molar-refractivity contribution in [2.24, 2.45) is 0 Å². The van der Waals surface area contributed by atoms with Gasteiger partial charge in [-0.05, 0) is 6.07 Å². The van der Waals surface area contributed by atoms with Crippen molar-refractivity contribution in [1.29, 1.82) is 0 Å². The fourth-order valence-electron chi connectivity index (χ4n) is 1.82. The standard InChI is InChI=1S/C12H8N2O5/c15-10-5-18-8-3-1-2-6(11(8)13-10)7-4-9(12(16)17)19-14-7/h1-4H,5H2,(H,13,15)(H,16,17). The third-order valence-electron chi connectivity index (χ3n) is 2.65. The zero-order valence-corrected chi connectivity index (χ0v) is 9.54. The van der Waals surface area contributed by atoms with Crippen LogP contribution in [-0.2, 0) is 4.79 Å². The van der Waals surface area contributed by atoms with Crippen LogP contribution in [0.3, 0.4) is 0 Å². The molecular weight excluding hydrogens is 252 g/mol. The predicted molar refractivity (Wildman–Crippen MR) is 63.0 cm³/mol. The highest BCUT2D eigenvalue weighted by atomic mass is 16.5. The third kappa shape index (κ3) is 1.90. The number of nitrogens with one attached hydrogen (secondary N) is 1. The zero-order valence-electron chi connectivity index (χ0n) is 9.54. The molecule has 1 aromatic carbocycles. The topological polar surface area (TPSA) is 102 Å². The number of ether oxygens (including phenoxy) is 1. The summed E-state index contributed by atoms with van der Waals surface area (Å²) < 4.78 is 9.96. The second-order valence-electron chi connectivity index (χ2n) is 3.90. The van der Waals surface area contributed by atoms with Crippen molar-refractivity contribution >= 4 is 17.6 Å². The fourth-order valence-corrected chi connectivity index (χ4v) is 1.82. The summed E-state index contributed by atoms with van der Waals surface area (Å²) >= 11 is 0. The third-order valence-corrected chi connectivity index (χ3v) is 2.65. The van der Waals surface area contributed by atoms with Gasteiger partial charge in [0.1, 0.15) is 11.4 Å². The number of amides is 1. The second kappa shape index (κ2) is 4.13. The maximum absolute atomic E-state index is 11.3. The Hall–Kier alpha value is -2.83. The molecule has 2 N–H and O–H groups in total. The van der Waals surface area contributed by atoms with Crippen LogP contribution in [0.4, 0.5) is 5.69 Å². The van der Waals surface area contributed by atoms with Crippen molar-refractivity contribution in [3.05, 3.63) is 30.0 Å². The molecule has 0 spiro atoms. The second-order valence-corrected chi connectivity index (χ2v) is 3.90. The monoisotopic (exact) mass is 260 g/mol. The minimum atomic E-state index is -1.20. The molecule has 1 amide bonds. The smallest absolute Gasteiger partial charge is 0.374 e. The molecule has 0 saturated heterocycles. The molecular formula is C12H8N2O5. The van der Waals surface area contributed by atoms with E-state index < -0.39 is 5.97 Å². The molecule has 1 aliphatic rings. The van der Waals surface area contributed by atoms with Gasteiger partial charge in [-0.15, -0.1) is 0 Å². The van der Waals surface area contributed by atoms with E-state index in [1.165, 1.54) is 6.07 Å². The predicted octanol–water partition coefficient (Wildman–Crippen LogP) is 1.37. The van der Waals surface area contributed by atoms with E-state index in [-0.39, 0.29) is 18.3 Å². The van der Waals surface area contributed by atoms with Crippen LogP contribution in [0.1, 0.15) is 10.6 Å². The maximum Gasteiger partial charge on any atom is 0.374 e. The van der Waals surface area contributed by atoms with E-state index in [1.807, 2.05) is 0 Å². The summed E-state index contributed by atoms with van der Waals surface area (Å²) in [6.45, 7) is -0.0460. The largest absolute Gasteiger partial charge is 0.482 e. The fraction of sp³-hybridized carbons (Fsp3) is 0.0833. The van der Waals surface area contributed by atoms with E-state index in [2.05, 4.69) is 10.5 Å². The lowest BCUT2D eigenvalue weighted by atomic mass is 10.1. The number of carbonyl (C=O) groups is 2. The van der Waals surface area contributed by atoms with Gasteiger partial charge in [-0.25, -0.2) is 4.79 Å². The molecule has 0 atom stereocenters. The summed E-state index contributed by atoms with van der Waals surface area (Å²) in [4.78, 5) is 22.1. The Balaban J connectivity index is 2.09. The number of carbonyl (C=O) groups excluding carboxylic acids is 1. The molecule has 0 fully saturated rings. The first-order valence-corrected chi connectivity index (χ1v) is 5.41. The number of fused-ring (bicyclic) bond motifs is 1. The lowest BCUT2D eigenvalue weighted by molar-refractivity contribution is -0.118. The number of para-hydroxylation sites is 1. The maximum atomic E-state index is 11.3. The van der Waals surface area contributed by atoms with E-state index in [9.17, 15) is 9.59 Å². The number of aromatic nitrogens is 1. The number of hydrogen-bond donors (Lipinski definition) is 2. The molecule has 2 heterocycles. The molecule has 3 rings (SSSR count). The van der Waals surface area contributed by atoms with Gasteiger partial charge in [-0.1, -0.05) is 17.3 Å². The number of hydrogen-bond acceptors (Lipinski definition) is 5. The molecule has 0 saturated carbocycles. The molecule has 0 aliphatic carbocycles. The number of rotatable bonds is 2. The summed E-state index contributed by atoms with van der Waals surface area (Å²) in [6.07, 6.45) is 0. The van der Waals surface area contributed by atoms with Gasteiger partial charge in [0.25, 0.3) is 5.91 Å². The van der Waals surface area contributed by atoms with Crippen molar-refractivity contribution in [3.8, 4) is 17.0 Å². The van der Waals surface area contributed by atoms with Gasteiger partial charge in [0.15, 0.2) is 6.61 Å². The van der Waals surface area contributed by atoms with Gasteiger partial charge in [0.05, 0.1) is 5.69 Å². The van der Waals surface area contributed by atoms with Crippen LogP contribution < -0.4 is 10.1 Å². The Kier molecular flexibility index (Phi) is 2.45. The summed E-state index contributed by atoms with van der Waals surface area (Å²) in [5, 5.41) is 15.1. The molecule has 2 aromatic rings. The van der Waals surface area contributed by atoms with E-state index in [0.29, 0.717) is 22.7 Å². The highest BCUT2D eigenvalue weighted by Gasteiger charge is 2.22. The molecule has 1 aromatic heterocycles. The summed E-state index contributed by atoms with van der Waals surface area (Å²) in [6, 6.07) is 6.41. The lowest BCUT2D eigenvalue weighted by Gasteiger charge is -2.19. The molecule has 7 heteroatoms. The number of aromatic carboxylic acids is 1. The van der Waals surface area contributed by atoms with E-state index in [0.717, 1.165) is 0 Å². The number of benzene rings is 1. The van der Waals surface area contributed by atoms with Crippen LogP contribution in [-0.4, -0.2) is 28.7 Å². The van der Waals surface area contributed by atoms with E-state index >= 15 is 0 Å². The first-order chi connectivity index (χ1) is 9.15. The van der Waals surface area contributed by atoms with E-state index in [4.69, 9.17) is 14.4 Å². The quantitative estimate of drug-likeness (QED) is 0.845. The Labute approximate surface area is 106 Å². The zero-order chi connectivity index (χ0) is 13.4. The average molecular weight is 260 g/mol. The number of nitrogens with zero attached hydrogens (tertiary/aromatic N) is 1. The Morgan fingerprint density at radius 3 is 3.00 bits per heavy atom. The average Bonchev–Trinajstić information content (AvgIpc) is 2.87. The van der Waals surface area contributed by atoms with Gasteiger partial charge in [-0.3, -0.25) is 4.79 Å². The molecule has 0 radical (unpaired) electrons. The minimum Gasteiger partial charge on any atom is -0.482 e. The van der Waals surface area contributed by atoms with Gasteiger partial charge < -0.3 is 19.7 Å². The van der Waals surface area contributed by atoms with Crippen LogP contribution >= 0.6 is 0 Å². The molecule has 0 bridgehead atoms. The highest BCUT2D eigenvalue weighted by molar-refractivity contribution is 6.00. The van der Waals surface area contributed by atoms with Gasteiger partial charge >= 0.3 is 5.97 Å². The number of carboxylic acids is 1. The SMILES string of the molecule is O=C1COc2cccc(-c3cc(C(=O)O)on3)c2N1. The molecule has 19 heavy (non-hydrogen) atoms. The van der Waals surface area contributed by atoms with Crippen LogP contribution in [0.25, 0.3) is 11.3 Å². The van der Waals surface area contributed by atoms with Crippen LogP contribution in [0.15, 0.2) is 28.8 Å². The number of carboxylic acid groups (broad SMARTS) is 1. The van der Waals surface area contributed by atoms with Crippen LogP contribution in [0.5, 0.6) is 5.75 Å². The van der Waals surface area contributed by atoms with Gasteiger partial charge in [0.2, 0.25) is 5.76 Å². The number of anilines is 1. The highest BCUT2D eigenvalue weighted by Crippen LogP contribution is 2.37. The van der Waals surface area contributed by atoms with Gasteiger partial charge in [-0.2, -0.15) is 0 Å². The first-order valence-electron chi connectivity index (χ1n) is 5.41. The van der Waals surface area contributed by atoms with Crippen molar-refractivity contribution in [2.45, 2.75) is 0 Å². The van der Waals surface area contributed by atoms with Crippen LogP contribution in [0, 0.1) is 0 Å². The molecule has 0 unspecified atom stereocenters. The molecule has 96 valence electrons. The Morgan fingerprint density at radius 2 is 2.26 bits per heavy atom. The Morgan fingerprint density at radius 1 is 1.42 bits per heavy atom. The molecule has 7 nitrogen and oxygen atoms in total. The summed E-state index contributed by atoms with van der Waals surface area (Å²) in [5.74, 6) is -1.24. The van der Waals surface area contributed by atoms with Crippen molar-refractivity contribution < 1.29 is 24.0 Å². The molecule has 1 aliphatic heterocycles.